The van der Waals surface area contributed by atoms with Crippen LogP contribution in [0.2, 0.25) is 0 Å². The van der Waals surface area contributed by atoms with Gasteiger partial charge in [0.25, 0.3) is 0 Å². The summed E-state index contributed by atoms with van der Waals surface area (Å²) in [6, 6.07) is 6.71. The molecule has 9 heteroatoms. The van der Waals surface area contributed by atoms with Crippen molar-refractivity contribution in [1.82, 2.24) is 9.80 Å². The third kappa shape index (κ3) is 4.06. The molecule has 4 heterocycles. The quantitative estimate of drug-likeness (QED) is 0.536. The molecule has 4 aliphatic heterocycles. The average molecular weight is 540 g/mol. The summed E-state index contributed by atoms with van der Waals surface area (Å²) >= 11 is 1.58. The second kappa shape index (κ2) is 10.1. The SMILES string of the molecule is CCOc1ccc(N2CC=C[C@@]3(C)S[C@]45C=CCN(C(C)C)C(=O)C4N(CCCO)C(=O)[C@@H]5[C@H]3C2=O)cc1. The van der Waals surface area contributed by atoms with Crippen molar-refractivity contribution in [3.05, 3.63) is 48.6 Å². The molecule has 1 aromatic carbocycles. The summed E-state index contributed by atoms with van der Waals surface area (Å²) in [6.45, 7) is 9.53. The molecule has 5 rings (SSSR count). The van der Waals surface area contributed by atoms with Crippen LogP contribution in [0.3, 0.4) is 0 Å². The highest BCUT2D eigenvalue weighted by atomic mass is 32.2. The Morgan fingerprint density at radius 2 is 1.74 bits per heavy atom. The zero-order valence-electron chi connectivity index (χ0n) is 22.5. The predicted octanol–water partition coefficient (Wildman–Crippen LogP) is 2.86. The zero-order chi connectivity index (χ0) is 27.2. The van der Waals surface area contributed by atoms with Gasteiger partial charge in [0.15, 0.2) is 0 Å². The zero-order valence-corrected chi connectivity index (χ0v) is 23.3. The summed E-state index contributed by atoms with van der Waals surface area (Å²) in [4.78, 5) is 47.8. The van der Waals surface area contributed by atoms with Crippen LogP contribution < -0.4 is 9.64 Å². The number of fused-ring (bicyclic) bond motifs is 2. The monoisotopic (exact) mass is 539 g/mol. The number of aliphatic hydroxyl groups excluding tert-OH is 1. The minimum atomic E-state index is -0.867. The van der Waals surface area contributed by atoms with Crippen LogP contribution in [0.15, 0.2) is 48.6 Å². The van der Waals surface area contributed by atoms with Crippen LogP contribution in [0, 0.1) is 11.8 Å². The number of thioether (sulfide) groups is 1. The van der Waals surface area contributed by atoms with Crippen molar-refractivity contribution in [2.75, 3.05) is 37.7 Å². The average Bonchev–Trinajstić information content (AvgIpc) is 3.14. The van der Waals surface area contributed by atoms with E-state index >= 15 is 0 Å². The number of benzene rings is 1. The lowest BCUT2D eigenvalue weighted by atomic mass is 9.74. The topological polar surface area (TPSA) is 90.4 Å². The van der Waals surface area contributed by atoms with Crippen LogP contribution in [-0.2, 0) is 14.4 Å². The highest BCUT2D eigenvalue weighted by molar-refractivity contribution is 8.02. The van der Waals surface area contributed by atoms with Crippen LogP contribution in [0.5, 0.6) is 5.75 Å². The standard InChI is InChI=1S/C29H37N3O5S/c1-5-37-21-11-9-20(10-12-21)31-16-6-13-28(4)22(25(31)34)23-26(35)32(17-8-18-33)24-27(36)30(19(2)3)15-7-14-29(23,24)38-28/h6-7,9-14,19,22-24,33H,5,8,15-18H2,1-4H3/t22-,23-,24?,28+,29-/m0/s1. The van der Waals surface area contributed by atoms with E-state index < -0.39 is 27.4 Å². The fraction of sp³-hybridized carbons (Fsp3) is 0.552. The Balaban J connectivity index is 1.58. The molecule has 3 amide bonds. The van der Waals surface area contributed by atoms with E-state index in [9.17, 15) is 19.5 Å². The van der Waals surface area contributed by atoms with Crippen molar-refractivity contribution in [2.45, 2.75) is 55.7 Å². The normalized spacial score (nSPS) is 32.4. The summed E-state index contributed by atoms with van der Waals surface area (Å²) in [5.74, 6) is -0.976. The molecular weight excluding hydrogens is 502 g/mol. The maximum absolute atomic E-state index is 14.4. The fourth-order valence-corrected chi connectivity index (χ4v) is 8.76. The van der Waals surface area contributed by atoms with E-state index in [1.165, 1.54) is 0 Å². The lowest BCUT2D eigenvalue weighted by Gasteiger charge is -2.37. The van der Waals surface area contributed by atoms with Crippen molar-refractivity contribution >= 4 is 35.2 Å². The number of aliphatic hydroxyl groups is 1. The van der Waals surface area contributed by atoms with E-state index in [1.807, 2.05) is 70.2 Å². The Bertz CT molecular complexity index is 1170. The molecule has 1 unspecified atom stereocenters. The molecule has 1 N–H and O–H groups in total. The predicted molar refractivity (Wildman–Crippen MR) is 148 cm³/mol. The Morgan fingerprint density at radius 1 is 1.03 bits per heavy atom. The maximum Gasteiger partial charge on any atom is 0.247 e. The van der Waals surface area contributed by atoms with E-state index in [0.29, 0.717) is 26.1 Å². The summed E-state index contributed by atoms with van der Waals surface area (Å²) in [7, 11) is 0. The van der Waals surface area contributed by atoms with Gasteiger partial charge in [0.05, 0.1) is 23.2 Å². The van der Waals surface area contributed by atoms with Crippen molar-refractivity contribution in [2.24, 2.45) is 11.8 Å². The van der Waals surface area contributed by atoms with Gasteiger partial charge in [-0.25, -0.2) is 0 Å². The van der Waals surface area contributed by atoms with Gasteiger partial charge < -0.3 is 24.5 Å². The number of amides is 3. The molecule has 8 nitrogen and oxygen atoms in total. The lowest BCUT2D eigenvalue weighted by Crippen LogP contribution is -2.54. The molecule has 1 aromatic rings. The second-order valence-corrected chi connectivity index (χ2v) is 12.7. The first-order chi connectivity index (χ1) is 18.2. The molecule has 0 aliphatic carbocycles. The first kappa shape index (κ1) is 26.8. The van der Waals surface area contributed by atoms with Crippen LogP contribution in [-0.4, -0.2) is 87.1 Å². The molecular formula is C29H37N3O5S. The van der Waals surface area contributed by atoms with Crippen molar-refractivity contribution in [1.29, 1.82) is 0 Å². The van der Waals surface area contributed by atoms with Crippen LogP contribution >= 0.6 is 11.8 Å². The number of ether oxygens (including phenoxy) is 1. The number of carbonyl (C=O) groups is 3. The summed E-state index contributed by atoms with van der Waals surface area (Å²) in [6.07, 6.45) is 8.47. The van der Waals surface area contributed by atoms with Crippen molar-refractivity contribution in [3.8, 4) is 5.75 Å². The molecule has 1 spiro atoms. The molecule has 2 fully saturated rings. The van der Waals surface area contributed by atoms with Gasteiger partial charge >= 0.3 is 0 Å². The van der Waals surface area contributed by atoms with Gasteiger partial charge in [0.1, 0.15) is 11.8 Å². The number of anilines is 1. The van der Waals surface area contributed by atoms with Gasteiger partial charge in [-0.15, -0.1) is 11.8 Å². The molecule has 0 saturated carbocycles. The highest BCUT2D eigenvalue weighted by Crippen LogP contribution is 2.65. The molecule has 4 aliphatic rings. The molecule has 0 aromatic heterocycles. The van der Waals surface area contributed by atoms with Gasteiger partial charge in [0, 0.05) is 42.7 Å². The van der Waals surface area contributed by atoms with E-state index in [-0.39, 0.29) is 36.9 Å². The number of hydrogen-bond donors (Lipinski definition) is 1. The summed E-state index contributed by atoms with van der Waals surface area (Å²) in [5, 5.41) is 9.56. The Labute approximate surface area is 228 Å². The molecule has 0 bridgehead atoms. The largest absolute Gasteiger partial charge is 0.494 e. The number of nitrogens with zero attached hydrogens (tertiary/aromatic N) is 3. The van der Waals surface area contributed by atoms with Crippen LogP contribution in [0.25, 0.3) is 0 Å². The van der Waals surface area contributed by atoms with Gasteiger partial charge in [0.2, 0.25) is 17.7 Å². The van der Waals surface area contributed by atoms with Gasteiger partial charge in [-0.05, 0) is 58.4 Å². The first-order valence-electron chi connectivity index (χ1n) is 13.5. The summed E-state index contributed by atoms with van der Waals surface area (Å²) in [5.41, 5.74) is 0.746. The summed E-state index contributed by atoms with van der Waals surface area (Å²) < 4.78 is 4.05. The number of rotatable bonds is 7. The van der Waals surface area contributed by atoms with E-state index in [0.717, 1.165) is 11.4 Å². The van der Waals surface area contributed by atoms with E-state index in [4.69, 9.17) is 4.74 Å². The van der Waals surface area contributed by atoms with Crippen molar-refractivity contribution in [3.63, 3.8) is 0 Å². The highest BCUT2D eigenvalue weighted by Gasteiger charge is 2.73. The van der Waals surface area contributed by atoms with E-state index in [1.54, 1.807) is 26.5 Å². The van der Waals surface area contributed by atoms with Crippen LogP contribution in [0.1, 0.15) is 34.1 Å². The van der Waals surface area contributed by atoms with Crippen molar-refractivity contribution < 1.29 is 24.2 Å². The molecule has 5 atom stereocenters. The first-order valence-corrected chi connectivity index (χ1v) is 14.3. The Morgan fingerprint density at radius 3 is 2.39 bits per heavy atom. The van der Waals surface area contributed by atoms with Gasteiger partial charge in [-0.2, -0.15) is 0 Å². The molecule has 0 radical (unpaired) electrons. The number of likely N-dealkylation sites (tertiary alicyclic amines) is 1. The number of carbonyl (C=O) groups excluding carboxylic acids is 3. The van der Waals surface area contributed by atoms with Gasteiger partial charge in [-0.1, -0.05) is 24.3 Å². The maximum atomic E-state index is 14.4. The third-order valence-corrected chi connectivity index (χ3v) is 10.0. The van der Waals surface area contributed by atoms with Gasteiger partial charge in [-0.3, -0.25) is 14.4 Å². The third-order valence-electron chi connectivity index (χ3n) is 8.23. The number of hydrogen-bond acceptors (Lipinski definition) is 6. The molecule has 38 heavy (non-hydrogen) atoms. The molecule has 204 valence electrons. The smallest absolute Gasteiger partial charge is 0.247 e. The lowest BCUT2D eigenvalue weighted by molar-refractivity contribution is -0.143. The fourth-order valence-electron chi connectivity index (χ4n) is 6.61. The van der Waals surface area contributed by atoms with Crippen LogP contribution in [0.4, 0.5) is 5.69 Å². The Hall–Kier alpha value is -2.78. The minimum Gasteiger partial charge on any atom is -0.494 e. The second-order valence-electron chi connectivity index (χ2n) is 10.9. The Kier molecular flexibility index (Phi) is 7.11. The van der Waals surface area contributed by atoms with E-state index in [2.05, 4.69) is 6.08 Å². The molecule has 2 saturated heterocycles. The minimum absolute atomic E-state index is 0.0275.